The van der Waals surface area contributed by atoms with Gasteiger partial charge in [0.15, 0.2) is 11.5 Å². The highest BCUT2D eigenvalue weighted by Gasteiger charge is 2.03. The summed E-state index contributed by atoms with van der Waals surface area (Å²) in [6.45, 7) is 2.43. The predicted molar refractivity (Wildman–Crippen MR) is 91.5 cm³/mol. The van der Waals surface area contributed by atoms with Gasteiger partial charge in [0.05, 0.1) is 13.7 Å². The molecule has 0 aliphatic rings. The van der Waals surface area contributed by atoms with Crippen molar-refractivity contribution >= 4 is 11.9 Å². The molecular weight excluding hydrogens is 288 g/mol. The molecule has 3 heteroatoms. The summed E-state index contributed by atoms with van der Waals surface area (Å²) in [5.74, 6) is 6.47. The van der Waals surface area contributed by atoms with E-state index in [9.17, 15) is 4.79 Å². The lowest BCUT2D eigenvalue weighted by Crippen LogP contribution is -1.95. The maximum atomic E-state index is 11.8. The lowest BCUT2D eigenvalue weighted by Gasteiger charge is -2.08. The lowest BCUT2D eigenvalue weighted by molar-refractivity contribution is -0.109. The highest BCUT2D eigenvalue weighted by atomic mass is 16.5. The summed E-state index contributed by atoms with van der Waals surface area (Å²) in [6, 6.07) is 15.0. The second-order valence-corrected chi connectivity index (χ2v) is 4.66. The molecule has 0 unspecified atom stereocenters. The molecule has 0 spiro atoms. The summed E-state index contributed by atoms with van der Waals surface area (Å²) in [5, 5.41) is 0. The zero-order valence-corrected chi connectivity index (χ0v) is 13.2. The molecule has 116 valence electrons. The van der Waals surface area contributed by atoms with Gasteiger partial charge in [0.2, 0.25) is 5.78 Å². The number of allylic oxidation sites excluding steroid dienone is 1. The topological polar surface area (TPSA) is 35.5 Å². The van der Waals surface area contributed by atoms with Gasteiger partial charge in [-0.2, -0.15) is 0 Å². The Labute approximate surface area is 136 Å². The first-order valence-corrected chi connectivity index (χ1v) is 7.33. The molecule has 0 aromatic heterocycles. The number of rotatable bonds is 5. The molecule has 0 radical (unpaired) electrons. The van der Waals surface area contributed by atoms with Crippen molar-refractivity contribution in [1.29, 1.82) is 0 Å². The molecule has 0 fully saturated rings. The molecule has 0 aliphatic heterocycles. The molecule has 2 aromatic carbocycles. The first-order chi connectivity index (χ1) is 11.2. The SMILES string of the molecule is CCOc1cc(C#CC(=O)/C=C/c2ccccc2)ccc1OC. The molecule has 0 saturated heterocycles. The van der Waals surface area contributed by atoms with E-state index in [1.165, 1.54) is 6.08 Å². The van der Waals surface area contributed by atoms with Gasteiger partial charge in [0.25, 0.3) is 0 Å². The molecule has 2 aromatic rings. The third-order valence-corrected chi connectivity index (χ3v) is 3.02. The molecule has 0 bridgehead atoms. The van der Waals surface area contributed by atoms with Crippen LogP contribution in [0, 0.1) is 11.8 Å². The van der Waals surface area contributed by atoms with Crippen LogP contribution in [0.5, 0.6) is 11.5 Å². The van der Waals surface area contributed by atoms with Crippen molar-refractivity contribution in [1.82, 2.24) is 0 Å². The fraction of sp³-hybridized carbons (Fsp3) is 0.150. The van der Waals surface area contributed by atoms with Gasteiger partial charge in [-0.3, -0.25) is 4.79 Å². The number of methoxy groups -OCH3 is 1. The zero-order valence-electron chi connectivity index (χ0n) is 13.2. The van der Waals surface area contributed by atoms with E-state index in [0.717, 1.165) is 5.56 Å². The second kappa shape index (κ2) is 8.45. The smallest absolute Gasteiger partial charge is 0.229 e. The minimum atomic E-state index is -0.248. The quantitative estimate of drug-likeness (QED) is 0.624. The van der Waals surface area contributed by atoms with Crippen LogP contribution in [0.4, 0.5) is 0 Å². The Balaban J connectivity index is 2.10. The van der Waals surface area contributed by atoms with Crippen molar-refractivity contribution in [2.75, 3.05) is 13.7 Å². The van der Waals surface area contributed by atoms with Crippen LogP contribution in [0.1, 0.15) is 18.1 Å². The number of hydrogen-bond acceptors (Lipinski definition) is 3. The van der Waals surface area contributed by atoms with Crippen molar-refractivity contribution in [3.05, 3.63) is 65.7 Å². The van der Waals surface area contributed by atoms with E-state index < -0.39 is 0 Å². The predicted octanol–water partition coefficient (Wildman–Crippen LogP) is 3.73. The summed E-state index contributed by atoms with van der Waals surface area (Å²) in [6.07, 6.45) is 3.21. The maximum absolute atomic E-state index is 11.8. The Morgan fingerprint density at radius 3 is 2.61 bits per heavy atom. The van der Waals surface area contributed by atoms with Crippen molar-refractivity contribution in [2.45, 2.75) is 6.92 Å². The van der Waals surface area contributed by atoms with Crippen molar-refractivity contribution < 1.29 is 14.3 Å². The van der Waals surface area contributed by atoms with Gasteiger partial charge in [-0.1, -0.05) is 42.3 Å². The fourth-order valence-electron chi connectivity index (χ4n) is 1.93. The third kappa shape index (κ3) is 5.05. The Kier molecular flexibility index (Phi) is 6.02. The van der Waals surface area contributed by atoms with Crippen molar-refractivity contribution in [2.24, 2.45) is 0 Å². The van der Waals surface area contributed by atoms with Crippen LogP contribution in [0.2, 0.25) is 0 Å². The number of ether oxygens (including phenoxy) is 2. The molecule has 0 amide bonds. The van der Waals surface area contributed by atoms with Crippen LogP contribution in [0.25, 0.3) is 6.08 Å². The Bertz CT molecular complexity index is 749. The van der Waals surface area contributed by atoms with Crippen molar-refractivity contribution in [3.8, 4) is 23.3 Å². The first kappa shape index (κ1) is 16.4. The van der Waals surface area contributed by atoms with E-state index in [2.05, 4.69) is 11.8 Å². The molecule has 0 heterocycles. The van der Waals surface area contributed by atoms with Gasteiger partial charge in [-0.25, -0.2) is 0 Å². The second-order valence-electron chi connectivity index (χ2n) is 4.66. The van der Waals surface area contributed by atoms with Gasteiger partial charge in [0, 0.05) is 5.56 Å². The monoisotopic (exact) mass is 306 g/mol. The number of hydrogen-bond donors (Lipinski definition) is 0. The standard InChI is InChI=1S/C20H18O3/c1-3-23-20-15-17(11-14-19(20)22-2)10-13-18(21)12-9-16-7-5-4-6-8-16/h4-9,11-12,14-15H,3H2,1-2H3/b12-9+. The van der Waals surface area contributed by atoms with E-state index >= 15 is 0 Å². The van der Waals surface area contributed by atoms with Crippen molar-refractivity contribution in [3.63, 3.8) is 0 Å². The molecule has 0 aliphatic carbocycles. The normalized spacial score (nSPS) is 10.0. The summed E-state index contributed by atoms with van der Waals surface area (Å²) in [4.78, 5) is 11.8. The summed E-state index contributed by atoms with van der Waals surface area (Å²) < 4.78 is 10.7. The van der Waals surface area contributed by atoms with E-state index in [1.54, 1.807) is 31.4 Å². The van der Waals surface area contributed by atoms with E-state index in [0.29, 0.717) is 23.7 Å². The van der Waals surface area contributed by atoms with Gasteiger partial charge >= 0.3 is 0 Å². The van der Waals surface area contributed by atoms with Crippen LogP contribution in [0.15, 0.2) is 54.6 Å². The van der Waals surface area contributed by atoms with Crippen LogP contribution in [-0.2, 0) is 4.79 Å². The number of carbonyl (C=O) groups excluding carboxylic acids is 1. The highest BCUT2D eigenvalue weighted by Crippen LogP contribution is 2.27. The van der Waals surface area contributed by atoms with E-state index in [4.69, 9.17) is 9.47 Å². The van der Waals surface area contributed by atoms with Crippen LogP contribution in [0.3, 0.4) is 0 Å². The average molecular weight is 306 g/mol. The Hall–Kier alpha value is -2.99. The zero-order chi connectivity index (χ0) is 16.5. The molecule has 0 atom stereocenters. The summed E-state index contributed by atoms with van der Waals surface area (Å²) in [7, 11) is 1.58. The average Bonchev–Trinajstić information content (AvgIpc) is 2.59. The first-order valence-electron chi connectivity index (χ1n) is 7.33. The molecule has 0 N–H and O–H groups in total. The number of carbonyl (C=O) groups is 1. The third-order valence-electron chi connectivity index (χ3n) is 3.02. The minimum absolute atomic E-state index is 0.248. The summed E-state index contributed by atoms with van der Waals surface area (Å²) >= 11 is 0. The Morgan fingerprint density at radius 2 is 1.91 bits per heavy atom. The lowest BCUT2D eigenvalue weighted by atomic mass is 10.1. The summed E-state index contributed by atoms with van der Waals surface area (Å²) in [5.41, 5.74) is 1.67. The number of benzene rings is 2. The van der Waals surface area contributed by atoms with Crippen LogP contribution in [-0.4, -0.2) is 19.5 Å². The molecule has 3 nitrogen and oxygen atoms in total. The van der Waals surface area contributed by atoms with Gasteiger partial charge < -0.3 is 9.47 Å². The Morgan fingerprint density at radius 1 is 1.13 bits per heavy atom. The van der Waals surface area contributed by atoms with Gasteiger partial charge in [-0.05, 0) is 42.7 Å². The molecular formula is C20H18O3. The molecule has 2 rings (SSSR count). The van der Waals surface area contributed by atoms with Gasteiger partial charge in [0.1, 0.15) is 0 Å². The van der Waals surface area contributed by atoms with E-state index in [-0.39, 0.29) is 5.78 Å². The minimum Gasteiger partial charge on any atom is -0.493 e. The molecule has 23 heavy (non-hydrogen) atoms. The number of ketones is 1. The maximum Gasteiger partial charge on any atom is 0.229 e. The largest absolute Gasteiger partial charge is 0.493 e. The fourth-order valence-corrected chi connectivity index (χ4v) is 1.93. The van der Waals surface area contributed by atoms with E-state index in [1.807, 2.05) is 37.3 Å². The van der Waals surface area contributed by atoms with Gasteiger partial charge in [-0.15, -0.1) is 0 Å². The van der Waals surface area contributed by atoms with Crippen LogP contribution < -0.4 is 9.47 Å². The highest BCUT2D eigenvalue weighted by molar-refractivity contribution is 6.06. The molecule has 0 saturated carbocycles. The van der Waals surface area contributed by atoms with Crippen LogP contribution >= 0.6 is 0 Å².